The highest BCUT2D eigenvalue weighted by Crippen LogP contribution is 2.39. The van der Waals surface area contributed by atoms with Gasteiger partial charge in [-0.2, -0.15) is 5.10 Å². The Morgan fingerprint density at radius 3 is 2.27 bits per heavy atom. The molecular weight excluding hydrogens is 388 g/mol. The van der Waals surface area contributed by atoms with Gasteiger partial charge in [0.2, 0.25) is 5.91 Å². The van der Waals surface area contributed by atoms with E-state index in [1.165, 1.54) is 5.01 Å². The van der Waals surface area contributed by atoms with Gasteiger partial charge in [-0.15, -0.1) is 0 Å². The predicted octanol–water partition coefficient (Wildman–Crippen LogP) is 3.25. The number of methoxy groups -OCH3 is 3. The van der Waals surface area contributed by atoms with E-state index in [-0.39, 0.29) is 18.7 Å². The lowest BCUT2D eigenvalue weighted by atomic mass is 9.97. The maximum atomic E-state index is 12.8. The van der Waals surface area contributed by atoms with Crippen LogP contribution in [-0.4, -0.2) is 49.0 Å². The number of carbonyl (C=O) groups excluding carboxylic acids is 1. The fourth-order valence-corrected chi connectivity index (χ4v) is 3.37. The highest BCUT2D eigenvalue weighted by atomic mass is 16.5. The summed E-state index contributed by atoms with van der Waals surface area (Å²) in [6.45, 7) is 0. The third-order valence-electron chi connectivity index (χ3n) is 4.94. The minimum atomic E-state index is -1.03. The van der Waals surface area contributed by atoms with Crippen LogP contribution in [0.2, 0.25) is 0 Å². The summed E-state index contributed by atoms with van der Waals surface area (Å²) in [5, 5.41) is 14.9. The van der Waals surface area contributed by atoms with Crippen molar-refractivity contribution in [3.05, 3.63) is 53.6 Å². The topological polar surface area (TPSA) is 97.7 Å². The van der Waals surface area contributed by atoms with Crippen LogP contribution in [0.1, 0.15) is 36.4 Å². The Morgan fingerprint density at radius 1 is 1.00 bits per heavy atom. The molecule has 2 aromatic carbocycles. The van der Waals surface area contributed by atoms with Crippen LogP contribution in [-0.2, 0) is 9.59 Å². The van der Waals surface area contributed by atoms with Gasteiger partial charge in [-0.3, -0.25) is 9.59 Å². The molecule has 1 N–H and O–H groups in total. The van der Waals surface area contributed by atoms with E-state index in [0.717, 1.165) is 22.6 Å². The summed E-state index contributed by atoms with van der Waals surface area (Å²) in [5.41, 5.74) is 2.32. The minimum Gasteiger partial charge on any atom is -0.497 e. The van der Waals surface area contributed by atoms with Crippen LogP contribution in [0.15, 0.2) is 47.6 Å². The number of carbonyl (C=O) groups is 2. The first-order valence-corrected chi connectivity index (χ1v) is 9.44. The first-order chi connectivity index (χ1) is 14.5. The third kappa shape index (κ3) is 4.53. The average molecular weight is 412 g/mol. The van der Waals surface area contributed by atoms with E-state index >= 15 is 0 Å². The molecule has 0 bridgehead atoms. The van der Waals surface area contributed by atoms with Crippen LogP contribution >= 0.6 is 0 Å². The molecule has 8 nitrogen and oxygen atoms in total. The lowest BCUT2D eigenvalue weighted by Gasteiger charge is -2.24. The van der Waals surface area contributed by atoms with Gasteiger partial charge in [0.05, 0.1) is 39.5 Å². The molecule has 1 heterocycles. The Bertz CT molecular complexity index is 955. The molecule has 0 spiro atoms. The number of nitrogens with zero attached hydrogens (tertiary/aromatic N) is 2. The molecule has 1 aliphatic rings. The maximum Gasteiger partial charge on any atom is 0.303 e. The Balaban J connectivity index is 1.98. The van der Waals surface area contributed by atoms with E-state index in [0.29, 0.717) is 17.9 Å². The molecule has 8 heteroatoms. The van der Waals surface area contributed by atoms with Crippen molar-refractivity contribution in [2.45, 2.75) is 25.3 Å². The molecule has 0 radical (unpaired) electrons. The van der Waals surface area contributed by atoms with E-state index in [4.69, 9.17) is 19.3 Å². The number of ether oxygens (including phenoxy) is 3. The molecule has 0 saturated carbocycles. The normalized spacial score (nSPS) is 15.5. The molecular formula is C22H24N2O6. The van der Waals surface area contributed by atoms with Crippen LogP contribution in [0, 0.1) is 0 Å². The molecule has 30 heavy (non-hydrogen) atoms. The van der Waals surface area contributed by atoms with Gasteiger partial charge >= 0.3 is 5.97 Å². The zero-order valence-electron chi connectivity index (χ0n) is 17.1. The summed E-state index contributed by atoms with van der Waals surface area (Å²) in [5.74, 6) is 0.551. The Morgan fingerprint density at radius 2 is 1.67 bits per heavy atom. The maximum absolute atomic E-state index is 12.8. The zero-order valence-corrected chi connectivity index (χ0v) is 17.1. The molecule has 0 fully saturated rings. The third-order valence-corrected chi connectivity index (χ3v) is 4.94. The van der Waals surface area contributed by atoms with Crippen molar-refractivity contribution >= 4 is 17.6 Å². The SMILES string of the molecule is COc1ccc(C2=NN(C(=O)CCC(=O)O)C(c3cc(OC)ccc3OC)C2)cc1. The van der Waals surface area contributed by atoms with Gasteiger partial charge in [-0.25, -0.2) is 5.01 Å². The van der Waals surface area contributed by atoms with Crippen molar-refractivity contribution < 1.29 is 28.9 Å². The highest BCUT2D eigenvalue weighted by Gasteiger charge is 2.35. The van der Waals surface area contributed by atoms with Crippen LogP contribution in [0.5, 0.6) is 17.2 Å². The van der Waals surface area contributed by atoms with Crippen molar-refractivity contribution in [3.63, 3.8) is 0 Å². The minimum absolute atomic E-state index is 0.141. The Hall–Kier alpha value is -3.55. The number of benzene rings is 2. The zero-order chi connectivity index (χ0) is 21.7. The monoisotopic (exact) mass is 412 g/mol. The van der Waals surface area contributed by atoms with Crippen molar-refractivity contribution in [1.82, 2.24) is 5.01 Å². The second-order valence-electron chi connectivity index (χ2n) is 6.74. The Kier molecular flexibility index (Phi) is 6.56. The fourth-order valence-electron chi connectivity index (χ4n) is 3.37. The van der Waals surface area contributed by atoms with E-state index in [9.17, 15) is 9.59 Å². The molecule has 1 amide bonds. The highest BCUT2D eigenvalue weighted by molar-refractivity contribution is 6.03. The van der Waals surface area contributed by atoms with Gasteiger partial charge in [0, 0.05) is 18.4 Å². The van der Waals surface area contributed by atoms with Gasteiger partial charge in [0.25, 0.3) is 0 Å². The van der Waals surface area contributed by atoms with Crippen molar-refractivity contribution in [3.8, 4) is 17.2 Å². The number of amides is 1. The Labute approximate surface area is 174 Å². The van der Waals surface area contributed by atoms with Gasteiger partial charge in [0.15, 0.2) is 0 Å². The number of carboxylic acids is 1. The largest absolute Gasteiger partial charge is 0.497 e. The molecule has 0 aliphatic carbocycles. The van der Waals surface area contributed by atoms with Gasteiger partial charge < -0.3 is 19.3 Å². The number of hydrogen-bond acceptors (Lipinski definition) is 6. The van der Waals surface area contributed by atoms with E-state index < -0.39 is 12.0 Å². The summed E-state index contributed by atoms with van der Waals surface area (Å²) in [6, 6.07) is 12.3. The summed E-state index contributed by atoms with van der Waals surface area (Å²) in [6.07, 6.45) is 0.0524. The lowest BCUT2D eigenvalue weighted by molar-refractivity contribution is -0.141. The van der Waals surface area contributed by atoms with Crippen LogP contribution in [0.3, 0.4) is 0 Å². The number of hydrogen-bond donors (Lipinski definition) is 1. The van der Waals surface area contributed by atoms with Gasteiger partial charge in [0.1, 0.15) is 17.2 Å². The molecule has 158 valence electrons. The summed E-state index contributed by atoms with van der Waals surface area (Å²) >= 11 is 0. The molecule has 1 unspecified atom stereocenters. The molecule has 0 aromatic heterocycles. The standard InChI is InChI=1S/C22H24N2O6/c1-28-15-6-4-14(5-7-15)18-13-19(24(23-18)21(25)10-11-22(26)27)17-12-16(29-2)8-9-20(17)30-3/h4-9,12,19H,10-11,13H2,1-3H3,(H,26,27). The first-order valence-electron chi connectivity index (χ1n) is 9.44. The average Bonchev–Trinajstić information content (AvgIpc) is 3.22. The second-order valence-corrected chi connectivity index (χ2v) is 6.74. The van der Waals surface area contributed by atoms with Crippen LogP contribution in [0.4, 0.5) is 0 Å². The van der Waals surface area contributed by atoms with Crippen molar-refractivity contribution in [1.29, 1.82) is 0 Å². The molecule has 3 rings (SSSR count). The number of hydrazone groups is 1. The molecule has 2 aromatic rings. The summed E-state index contributed by atoms with van der Waals surface area (Å²) in [4.78, 5) is 23.8. The van der Waals surface area contributed by atoms with Crippen LogP contribution in [0.25, 0.3) is 0 Å². The molecule has 1 aliphatic heterocycles. The predicted molar refractivity (Wildman–Crippen MR) is 110 cm³/mol. The smallest absolute Gasteiger partial charge is 0.303 e. The van der Waals surface area contributed by atoms with Gasteiger partial charge in [-0.05, 0) is 48.0 Å². The van der Waals surface area contributed by atoms with E-state index in [1.807, 2.05) is 30.3 Å². The summed E-state index contributed by atoms with van der Waals surface area (Å²) in [7, 11) is 4.72. The first kappa shape index (κ1) is 21.2. The quantitative estimate of drug-likeness (QED) is 0.715. The number of carboxylic acid groups (broad SMARTS) is 1. The fraction of sp³-hybridized carbons (Fsp3) is 0.318. The number of rotatable bonds is 8. The van der Waals surface area contributed by atoms with E-state index in [1.54, 1.807) is 33.5 Å². The summed E-state index contributed by atoms with van der Waals surface area (Å²) < 4.78 is 16.0. The second kappa shape index (κ2) is 9.30. The lowest BCUT2D eigenvalue weighted by Crippen LogP contribution is -2.27. The van der Waals surface area contributed by atoms with Gasteiger partial charge in [-0.1, -0.05) is 0 Å². The molecule has 0 saturated heterocycles. The van der Waals surface area contributed by atoms with Crippen molar-refractivity contribution in [2.24, 2.45) is 5.10 Å². The van der Waals surface area contributed by atoms with Crippen molar-refractivity contribution in [2.75, 3.05) is 21.3 Å². The number of aliphatic carboxylic acids is 1. The molecule has 1 atom stereocenters. The van der Waals surface area contributed by atoms with E-state index in [2.05, 4.69) is 5.10 Å². The van der Waals surface area contributed by atoms with Crippen LogP contribution < -0.4 is 14.2 Å².